The van der Waals surface area contributed by atoms with Gasteiger partial charge in [-0.3, -0.25) is 5.32 Å². The van der Waals surface area contributed by atoms with Gasteiger partial charge in [0.05, 0.1) is 0 Å². The van der Waals surface area contributed by atoms with Gasteiger partial charge in [0.25, 0.3) is 6.43 Å². The van der Waals surface area contributed by atoms with E-state index in [1.54, 1.807) is 6.92 Å². The number of nitrogens with one attached hydrogen (secondary N) is 2. The summed E-state index contributed by atoms with van der Waals surface area (Å²) in [5, 5.41) is 3.30. The largest absolute Gasteiger partial charge is 0.361 e. The third-order valence-corrected chi connectivity index (χ3v) is 3.59. The topological polar surface area (TPSA) is 27.8 Å². The molecule has 1 heterocycles. The molecule has 1 aromatic carbocycles. The number of H-pyrrole nitrogens is 1. The lowest BCUT2D eigenvalue weighted by Crippen LogP contribution is -2.39. The Morgan fingerprint density at radius 2 is 2.05 bits per heavy atom. The molecule has 19 heavy (non-hydrogen) atoms. The minimum atomic E-state index is -2.99. The van der Waals surface area contributed by atoms with Crippen molar-refractivity contribution in [3.05, 3.63) is 33.5 Å². The van der Waals surface area contributed by atoms with Crippen LogP contribution in [0, 0.1) is 3.57 Å². The van der Waals surface area contributed by atoms with Gasteiger partial charge >= 0.3 is 0 Å². The number of halogens is 4. The van der Waals surface area contributed by atoms with E-state index in [0.29, 0.717) is 6.42 Å². The van der Waals surface area contributed by atoms with E-state index in [9.17, 15) is 13.2 Å². The van der Waals surface area contributed by atoms with Gasteiger partial charge in [-0.15, -0.1) is 0 Å². The van der Waals surface area contributed by atoms with Crippen LogP contribution >= 0.6 is 22.6 Å². The fraction of sp³-hybridized carbons (Fsp3) is 0.385. The molecule has 0 bridgehead atoms. The van der Waals surface area contributed by atoms with Crippen LogP contribution in [-0.4, -0.2) is 23.7 Å². The molecule has 2 nitrogen and oxygen atoms in total. The minimum Gasteiger partial charge on any atom is -0.361 e. The molecule has 0 fully saturated rings. The van der Waals surface area contributed by atoms with Crippen LogP contribution in [-0.2, 0) is 6.42 Å². The standard InChI is InChI=1S/C13H14F3IN2/c1-7(19-13(16)12(14)15)4-8-6-18-11-5-9(17)2-3-10(8)11/h2-3,5-7,12-13,18-19H,4H2,1H3. The molecule has 6 heteroatoms. The third-order valence-electron chi connectivity index (χ3n) is 2.92. The van der Waals surface area contributed by atoms with Crippen molar-refractivity contribution in [1.29, 1.82) is 0 Å². The molecule has 1 aromatic heterocycles. The first-order chi connectivity index (χ1) is 8.97. The van der Waals surface area contributed by atoms with Crippen molar-refractivity contribution in [3.63, 3.8) is 0 Å². The van der Waals surface area contributed by atoms with Crippen LogP contribution in [0.4, 0.5) is 13.2 Å². The van der Waals surface area contributed by atoms with E-state index in [-0.39, 0.29) is 6.04 Å². The SMILES string of the molecule is CC(Cc1c[nH]c2cc(I)ccc12)NC(F)C(F)F. The summed E-state index contributed by atoms with van der Waals surface area (Å²) in [4.78, 5) is 3.14. The molecule has 2 aromatic rings. The van der Waals surface area contributed by atoms with Crippen LogP contribution in [0.1, 0.15) is 12.5 Å². The van der Waals surface area contributed by atoms with Crippen LogP contribution in [0.5, 0.6) is 0 Å². The summed E-state index contributed by atoms with van der Waals surface area (Å²) in [5.41, 5.74) is 1.99. The molecule has 0 saturated carbocycles. The first-order valence-corrected chi connectivity index (χ1v) is 6.99. The molecule has 0 spiro atoms. The average Bonchev–Trinajstić information content (AvgIpc) is 2.71. The van der Waals surface area contributed by atoms with Gasteiger partial charge in [-0.05, 0) is 53.6 Å². The van der Waals surface area contributed by atoms with Gasteiger partial charge < -0.3 is 4.98 Å². The molecule has 0 aliphatic rings. The Labute approximate surface area is 122 Å². The summed E-state index contributed by atoms with van der Waals surface area (Å²) in [6, 6.07) is 5.61. The van der Waals surface area contributed by atoms with Gasteiger partial charge in [-0.2, -0.15) is 0 Å². The molecular formula is C13H14F3IN2. The highest BCUT2D eigenvalue weighted by molar-refractivity contribution is 14.1. The summed E-state index contributed by atoms with van der Waals surface area (Å²) in [6.07, 6.45) is -2.93. The van der Waals surface area contributed by atoms with Crippen molar-refractivity contribution >= 4 is 33.5 Å². The molecule has 2 unspecified atom stereocenters. The summed E-state index contributed by atoms with van der Waals surface area (Å²) in [7, 11) is 0. The second-order valence-corrected chi connectivity index (χ2v) is 5.76. The predicted molar refractivity (Wildman–Crippen MR) is 78.2 cm³/mol. The number of benzene rings is 1. The Hall–Kier alpha value is -0.760. The highest BCUT2D eigenvalue weighted by atomic mass is 127. The molecule has 2 N–H and O–H groups in total. The van der Waals surface area contributed by atoms with E-state index in [1.165, 1.54) is 0 Å². The Balaban J connectivity index is 2.09. The Morgan fingerprint density at radius 1 is 1.32 bits per heavy atom. The third kappa shape index (κ3) is 3.62. The average molecular weight is 382 g/mol. The summed E-state index contributed by atoms with van der Waals surface area (Å²) in [6.45, 7) is 1.69. The lowest BCUT2D eigenvalue weighted by atomic mass is 10.1. The van der Waals surface area contributed by atoms with Crippen LogP contribution < -0.4 is 5.32 Å². The fourth-order valence-electron chi connectivity index (χ4n) is 2.06. The van der Waals surface area contributed by atoms with Crippen LogP contribution in [0.3, 0.4) is 0 Å². The van der Waals surface area contributed by atoms with Gasteiger partial charge in [-0.1, -0.05) is 6.07 Å². The van der Waals surface area contributed by atoms with Crippen LogP contribution in [0.25, 0.3) is 10.9 Å². The van der Waals surface area contributed by atoms with E-state index in [2.05, 4.69) is 32.9 Å². The Morgan fingerprint density at radius 3 is 2.74 bits per heavy atom. The molecule has 0 saturated heterocycles. The summed E-state index contributed by atoms with van der Waals surface area (Å²) in [5.74, 6) is 0. The number of aromatic amines is 1. The lowest BCUT2D eigenvalue weighted by Gasteiger charge is -2.16. The van der Waals surface area contributed by atoms with Crippen molar-refractivity contribution in [3.8, 4) is 0 Å². The van der Waals surface area contributed by atoms with E-state index in [0.717, 1.165) is 20.0 Å². The highest BCUT2D eigenvalue weighted by Gasteiger charge is 2.21. The number of hydrogen-bond acceptors (Lipinski definition) is 1. The van der Waals surface area contributed by atoms with Crippen molar-refractivity contribution in [2.45, 2.75) is 32.1 Å². The molecule has 0 aliphatic heterocycles. The van der Waals surface area contributed by atoms with Crippen molar-refractivity contribution in [2.24, 2.45) is 0 Å². The maximum absolute atomic E-state index is 12.9. The van der Waals surface area contributed by atoms with Gasteiger partial charge in [0.15, 0.2) is 0 Å². The molecule has 2 atom stereocenters. The quantitative estimate of drug-likeness (QED) is 0.597. The van der Waals surface area contributed by atoms with E-state index < -0.39 is 12.7 Å². The van der Waals surface area contributed by atoms with Crippen LogP contribution in [0.2, 0.25) is 0 Å². The first-order valence-electron chi connectivity index (χ1n) is 5.91. The Bertz CT molecular complexity index is 556. The smallest absolute Gasteiger partial charge is 0.282 e. The highest BCUT2D eigenvalue weighted by Crippen LogP contribution is 2.22. The van der Waals surface area contributed by atoms with E-state index in [4.69, 9.17) is 0 Å². The fourth-order valence-corrected chi connectivity index (χ4v) is 2.55. The molecular weight excluding hydrogens is 368 g/mol. The molecule has 104 valence electrons. The zero-order valence-electron chi connectivity index (χ0n) is 10.3. The first kappa shape index (κ1) is 14.6. The normalized spacial score (nSPS) is 15.1. The zero-order valence-corrected chi connectivity index (χ0v) is 12.4. The number of aromatic nitrogens is 1. The lowest BCUT2D eigenvalue weighted by molar-refractivity contribution is 0.0251. The van der Waals surface area contributed by atoms with Gasteiger partial charge in [0, 0.05) is 26.7 Å². The van der Waals surface area contributed by atoms with Gasteiger partial charge in [0.1, 0.15) is 0 Å². The number of alkyl halides is 3. The van der Waals surface area contributed by atoms with Crippen LogP contribution in [0.15, 0.2) is 24.4 Å². The number of rotatable bonds is 5. The molecule has 0 radical (unpaired) electrons. The van der Waals surface area contributed by atoms with Crippen molar-refractivity contribution in [1.82, 2.24) is 10.3 Å². The summed E-state index contributed by atoms with van der Waals surface area (Å²) >= 11 is 2.22. The second-order valence-electron chi connectivity index (χ2n) is 4.51. The number of hydrogen-bond donors (Lipinski definition) is 2. The molecule has 0 aliphatic carbocycles. The van der Waals surface area contributed by atoms with E-state index >= 15 is 0 Å². The number of fused-ring (bicyclic) bond motifs is 1. The van der Waals surface area contributed by atoms with Crippen molar-refractivity contribution in [2.75, 3.05) is 0 Å². The maximum Gasteiger partial charge on any atom is 0.282 e. The molecule has 0 amide bonds. The minimum absolute atomic E-state index is 0.359. The Kier molecular flexibility index (Phi) is 4.72. The molecule has 2 rings (SSSR count). The summed E-state index contributed by atoms with van der Waals surface area (Å²) < 4.78 is 38.3. The zero-order chi connectivity index (χ0) is 14.0. The maximum atomic E-state index is 12.9. The van der Waals surface area contributed by atoms with E-state index in [1.807, 2.05) is 24.4 Å². The second kappa shape index (κ2) is 6.13. The van der Waals surface area contributed by atoms with Gasteiger partial charge in [-0.25, -0.2) is 13.2 Å². The van der Waals surface area contributed by atoms with Gasteiger partial charge in [0.2, 0.25) is 6.30 Å². The monoisotopic (exact) mass is 382 g/mol. The van der Waals surface area contributed by atoms with Crippen molar-refractivity contribution < 1.29 is 13.2 Å². The predicted octanol–water partition coefficient (Wildman–Crippen LogP) is 3.85.